The Balaban J connectivity index is 1.52. The first-order valence-electron chi connectivity index (χ1n) is 9.23. The smallest absolute Gasteiger partial charge is 0.322 e. The van der Waals surface area contributed by atoms with Gasteiger partial charge in [-0.15, -0.1) is 5.10 Å². The van der Waals surface area contributed by atoms with E-state index in [-0.39, 0.29) is 22.4 Å². The first-order valence-corrected chi connectivity index (χ1v) is 10.8. The van der Waals surface area contributed by atoms with E-state index >= 15 is 0 Å². The fourth-order valence-electron chi connectivity index (χ4n) is 2.82. The third kappa shape index (κ3) is 3.86. The molecule has 9 nitrogen and oxygen atoms in total. The van der Waals surface area contributed by atoms with Crippen molar-refractivity contribution in [3.63, 3.8) is 0 Å². The van der Waals surface area contributed by atoms with E-state index < -0.39 is 21.0 Å². The van der Waals surface area contributed by atoms with E-state index in [9.17, 15) is 13.2 Å². The summed E-state index contributed by atoms with van der Waals surface area (Å²) in [4.78, 5) is 12.6. The van der Waals surface area contributed by atoms with Gasteiger partial charge < -0.3 is 13.9 Å². The Morgan fingerprint density at radius 3 is 2.57 bits per heavy atom. The number of carbonyl (C=O) groups excluding carboxylic acids is 1. The highest BCUT2D eigenvalue weighted by Gasteiger charge is 2.21. The molecule has 4 rings (SSSR count). The molecule has 1 amide bonds. The summed E-state index contributed by atoms with van der Waals surface area (Å²) in [6.07, 6.45) is 0. The van der Waals surface area contributed by atoms with E-state index in [1.54, 1.807) is 32.0 Å². The van der Waals surface area contributed by atoms with Crippen molar-refractivity contribution in [1.29, 1.82) is 0 Å². The average Bonchev–Trinajstić information content (AvgIpc) is 3.21. The van der Waals surface area contributed by atoms with Crippen LogP contribution in [0.5, 0.6) is 11.5 Å². The molecule has 2 heterocycles. The monoisotopic (exact) mass is 429 g/mol. The molecule has 0 spiro atoms. The summed E-state index contributed by atoms with van der Waals surface area (Å²) in [6, 6.07) is 10.9. The van der Waals surface area contributed by atoms with E-state index in [1.165, 1.54) is 24.3 Å². The lowest BCUT2D eigenvalue weighted by Crippen LogP contribution is -2.16. The molecule has 0 aliphatic carbocycles. The molecular formula is C20H19N3O6S. The van der Waals surface area contributed by atoms with Crippen molar-refractivity contribution in [3.8, 4) is 23.0 Å². The Hall–Kier alpha value is -3.40. The van der Waals surface area contributed by atoms with Crippen LogP contribution in [-0.4, -0.2) is 43.0 Å². The summed E-state index contributed by atoms with van der Waals surface area (Å²) in [6.45, 7) is 4.11. The summed E-state index contributed by atoms with van der Waals surface area (Å²) in [5.74, 6) is 0.839. The van der Waals surface area contributed by atoms with Crippen molar-refractivity contribution >= 4 is 21.8 Å². The maximum Gasteiger partial charge on any atom is 0.322 e. The molecule has 0 atom stereocenters. The van der Waals surface area contributed by atoms with Gasteiger partial charge in [0.2, 0.25) is 5.89 Å². The van der Waals surface area contributed by atoms with Gasteiger partial charge in [0, 0.05) is 11.1 Å². The van der Waals surface area contributed by atoms with Crippen molar-refractivity contribution in [3.05, 3.63) is 48.0 Å². The molecule has 1 aliphatic rings. The van der Waals surface area contributed by atoms with Gasteiger partial charge in [0.05, 0.1) is 10.1 Å². The highest BCUT2D eigenvalue weighted by molar-refractivity contribution is 7.92. The van der Waals surface area contributed by atoms with Crippen molar-refractivity contribution in [2.24, 2.45) is 0 Å². The summed E-state index contributed by atoms with van der Waals surface area (Å²) in [7, 11) is -3.50. The number of carbonyl (C=O) groups is 1. The molecule has 30 heavy (non-hydrogen) atoms. The van der Waals surface area contributed by atoms with E-state index in [0.29, 0.717) is 30.3 Å². The van der Waals surface area contributed by atoms with Gasteiger partial charge in [-0.05, 0) is 50.2 Å². The molecule has 0 unspecified atom stereocenters. The van der Waals surface area contributed by atoms with Crippen LogP contribution in [0, 0.1) is 0 Å². The van der Waals surface area contributed by atoms with Crippen LogP contribution < -0.4 is 14.8 Å². The van der Waals surface area contributed by atoms with Crippen LogP contribution >= 0.6 is 0 Å². The minimum atomic E-state index is -3.50. The fraction of sp³-hybridized carbons (Fsp3) is 0.250. The van der Waals surface area contributed by atoms with E-state index in [4.69, 9.17) is 13.9 Å². The number of aromatic nitrogens is 2. The van der Waals surface area contributed by atoms with Crippen LogP contribution in [0.25, 0.3) is 11.5 Å². The Bertz CT molecular complexity index is 1200. The number of hydrogen-bond donors (Lipinski definition) is 1. The molecule has 156 valence electrons. The zero-order valence-electron chi connectivity index (χ0n) is 16.3. The topological polar surface area (TPSA) is 121 Å². The normalized spacial score (nSPS) is 13.3. The Morgan fingerprint density at radius 1 is 1.03 bits per heavy atom. The number of fused-ring (bicyclic) bond motifs is 1. The SMILES string of the molecule is CC(C)S(=O)(=O)c1cccc(C(=O)Nc2nnc(-c3ccc4c(c3)OCCO4)o2)c1. The first-order chi connectivity index (χ1) is 14.3. The van der Waals surface area contributed by atoms with E-state index in [0.717, 1.165) is 0 Å². The number of sulfone groups is 1. The third-order valence-electron chi connectivity index (χ3n) is 4.48. The molecule has 0 radical (unpaired) electrons. The molecule has 0 bridgehead atoms. The summed E-state index contributed by atoms with van der Waals surface area (Å²) >= 11 is 0. The van der Waals surface area contributed by atoms with Crippen molar-refractivity contribution in [2.75, 3.05) is 18.5 Å². The second kappa shape index (κ2) is 7.79. The van der Waals surface area contributed by atoms with Crippen molar-refractivity contribution in [2.45, 2.75) is 24.0 Å². The van der Waals surface area contributed by atoms with Crippen LogP contribution in [0.15, 0.2) is 51.8 Å². The lowest BCUT2D eigenvalue weighted by Gasteiger charge is -2.18. The maximum absolute atomic E-state index is 12.5. The minimum Gasteiger partial charge on any atom is -0.486 e. The summed E-state index contributed by atoms with van der Waals surface area (Å²) in [5.41, 5.74) is 0.771. The quantitative estimate of drug-likeness (QED) is 0.657. The zero-order valence-corrected chi connectivity index (χ0v) is 17.1. The predicted octanol–water partition coefficient (Wildman–Crippen LogP) is 2.94. The Morgan fingerprint density at radius 2 is 1.80 bits per heavy atom. The first kappa shape index (κ1) is 19.9. The van der Waals surface area contributed by atoms with E-state index in [1.807, 2.05) is 0 Å². The number of hydrogen-bond acceptors (Lipinski definition) is 8. The minimum absolute atomic E-state index is 0.0765. The zero-order chi connectivity index (χ0) is 21.3. The van der Waals surface area contributed by atoms with Gasteiger partial charge in [0.15, 0.2) is 21.3 Å². The van der Waals surface area contributed by atoms with Crippen LogP contribution in [0.3, 0.4) is 0 Å². The van der Waals surface area contributed by atoms with Gasteiger partial charge in [-0.25, -0.2) is 8.42 Å². The highest BCUT2D eigenvalue weighted by atomic mass is 32.2. The molecule has 0 saturated carbocycles. The Labute approximate surface area is 172 Å². The van der Waals surface area contributed by atoms with Gasteiger partial charge in [-0.2, -0.15) is 0 Å². The van der Waals surface area contributed by atoms with Gasteiger partial charge in [0.25, 0.3) is 5.91 Å². The van der Waals surface area contributed by atoms with Crippen LogP contribution in [0.1, 0.15) is 24.2 Å². The molecule has 1 N–H and O–H groups in total. The number of ether oxygens (including phenoxy) is 2. The standard InChI is InChI=1S/C20H19N3O6S/c1-12(2)30(25,26)15-5-3-4-13(10-15)18(24)21-20-23-22-19(29-20)14-6-7-16-17(11-14)28-9-8-27-16/h3-7,10-12H,8-9H2,1-2H3,(H,21,23,24). The number of amides is 1. The number of nitrogens with one attached hydrogen (secondary N) is 1. The van der Waals surface area contributed by atoms with Crippen molar-refractivity contribution < 1.29 is 27.1 Å². The number of nitrogens with zero attached hydrogens (tertiary/aromatic N) is 2. The lowest BCUT2D eigenvalue weighted by atomic mass is 10.2. The second-order valence-corrected chi connectivity index (χ2v) is 9.35. The van der Waals surface area contributed by atoms with Crippen LogP contribution in [-0.2, 0) is 9.84 Å². The van der Waals surface area contributed by atoms with Crippen LogP contribution in [0.2, 0.25) is 0 Å². The predicted molar refractivity (Wildman–Crippen MR) is 107 cm³/mol. The maximum atomic E-state index is 12.5. The molecule has 0 saturated heterocycles. The van der Waals surface area contributed by atoms with Crippen LogP contribution in [0.4, 0.5) is 6.01 Å². The second-order valence-electron chi connectivity index (χ2n) is 6.85. The van der Waals surface area contributed by atoms with Crippen molar-refractivity contribution in [1.82, 2.24) is 10.2 Å². The molecule has 1 aromatic heterocycles. The molecule has 2 aromatic carbocycles. The number of rotatable bonds is 5. The lowest BCUT2D eigenvalue weighted by molar-refractivity contribution is 0.102. The summed E-state index contributed by atoms with van der Waals surface area (Å²) < 4.78 is 41.2. The third-order valence-corrected chi connectivity index (χ3v) is 6.63. The number of anilines is 1. The van der Waals surface area contributed by atoms with Gasteiger partial charge in [-0.3, -0.25) is 10.1 Å². The highest BCUT2D eigenvalue weighted by Crippen LogP contribution is 2.34. The average molecular weight is 429 g/mol. The number of benzene rings is 2. The van der Waals surface area contributed by atoms with Gasteiger partial charge in [0.1, 0.15) is 13.2 Å². The molecule has 3 aromatic rings. The Kier molecular flexibility index (Phi) is 5.17. The fourth-order valence-corrected chi connectivity index (χ4v) is 3.93. The molecular weight excluding hydrogens is 410 g/mol. The summed E-state index contributed by atoms with van der Waals surface area (Å²) in [5, 5.41) is 9.66. The molecule has 0 fully saturated rings. The largest absolute Gasteiger partial charge is 0.486 e. The molecule has 1 aliphatic heterocycles. The van der Waals surface area contributed by atoms with E-state index in [2.05, 4.69) is 15.5 Å². The van der Waals surface area contributed by atoms with Gasteiger partial charge in [-0.1, -0.05) is 11.2 Å². The molecule has 10 heteroatoms. The van der Waals surface area contributed by atoms with Gasteiger partial charge >= 0.3 is 6.01 Å².